The number of ketones is 1. The van der Waals surface area contributed by atoms with Crippen LogP contribution in [-0.2, 0) is 39.7 Å². The predicted octanol–water partition coefficient (Wildman–Crippen LogP) is 2.96. The van der Waals surface area contributed by atoms with Gasteiger partial charge in [-0.25, -0.2) is 0 Å². The first kappa shape index (κ1) is 39.9. The molecule has 4 N–H and O–H groups in total. The van der Waals surface area contributed by atoms with Crippen molar-refractivity contribution >= 4 is 64.7 Å². The Bertz CT molecular complexity index is 2490. The Balaban J connectivity index is 1.50. The fourth-order valence-electron chi connectivity index (χ4n) is 7.87. The number of phenols is 2. The minimum atomic E-state index is -4.32. The molecule has 2 atom stereocenters. The van der Waals surface area contributed by atoms with Crippen molar-refractivity contribution in [2.75, 3.05) is 85.4 Å². The van der Waals surface area contributed by atoms with Crippen LogP contribution in [0.2, 0.25) is 0 Å². The zero-order chi connectivity index (χ0) is 39.8. The van der Waals surface area contributed by atoms with Gasteiger partial charge in [0.05, 0.1) is 90.6 Å². The first-order chi connectivity index (χ1) is 26.3. The third kappa shape index (κ3) is 7.00. The van der Waals surface area contributed by atoms with E-state index in [4.69, 9.17) is 37.7 Å². The zero-order valence-electron chi connectivity index (χ0n) is 31.0. The van der Waals surface area contributed by atoms with Crippen LogP contribution in [0.5, 0.6) is 28.7 Å². The van der Waals surface area contributed by atoms with E-state index in [1.54, 1.807) is 6.92 Å². The third-order valence-electron chi connectivity index (χ3n) is 9.93. The number of methoxy groups -OCH3 is 3. The Morgan fingerprint density at radius 3 is 1.80 bits per heavy atom. The van der Waals surface area contributed by atoms with Crippen molar-refractivity contribution in [1.82, 2.24) is 0 Å². The van der Waals surface area contributed by atoms with Crippen LogP contribution in [0.1, 0.15) is 30.9 Å². The zero-order valence-corrected chi connectivity index (χ0v) is 31.8. The van der Waals surface area contributed by atoms with Crippen molar-refractivity contribution in [2.24, 2.45) is 5.92 Å². The minimum Gasteiger partial charge on any atom is -0.507 e. The highest BCUT2D eigenvalue weighted by molar-refractivity contribution is 7.86. The molecule has 0 aromatic heterocycles. The summed E-state index contributed by atoms with van der Waals surface area (Å²) in [5, 5.41) is 35.7. The van der Waals surface area contributed by atoms with Crippen molar-refractivity contribution in [3.05, 3.63) is 43.7 Å². The van der Waals surface area contributed by atoms with Crippen molar-refractivity contribution in [3.63, 3.8) is 0 Å². The normalized spacial score (nSPS) is 15.7. The van der Waals surface area contributed by atoms with Crippen LogP contribution in [0.25, 0.3) is 43.1 Å². The van der Waals surface area contributed by atoms with Crippen LogP contribution in [0.15, 0.2) is 21.7 Å². The molecule has 0 amide bonds. The molecular weight excluding hydrogens is 742 g/mol. The number of carbonyl (C=O) groups excluding carboxylic acids is 1. The third-order valence-corrected chi connectivity index (χ3v) is 11.0. The summed E-state index contributed by atoms with van der Waals surface area (Å²) < 4.78 is 64.4. The first-order valence-corrected chi connectivity index (χ1v) is 19.1. The number of benzene rings is 5. The maximum atomic E-state index is 14.6. The minimum absolute atomic E-state index is 0.0493. The fourth-order valence-corrected chi connectivity index (χ4v) is 8.60. The number of aliphatic hydroxyl groups excluding tert-OH is 1. The monoisotopic (exact) mass is 785 g/mol. The number of aromatic hydroxyl groups is 2. The second-order valence-electron chi connectivity index (χ2n) is 13.2. The highest BCUT2D eigenvalue weighted by Gasteiger charge is 2.39. The molecule has 0 radical (unpaired) electrons. The van der Waals surface area contributed by atoms with E-state index in [9.17, 15) is 33.0 Å². The maximum Gasteiger partial charge on any atom is 0.285 e. The predicted molar refractivity (Wildman–Crippen MR) is 204 cm³/mol. The molecule has 6 rings (SSSR count). The molecule has 17 heteroatoms. The van der Waals surface area contributed by atoms with Crippen LogP contribution in [0.3, 0.4) is 0 Å². The van der Waals surface area contributed by atoms with Crippen LogP contribution >= 0.6 is 0 Å². The van der Waals surface area contributed by atoms with E-state index < -0.39 is 50.2 Å². The molecular formula is C38H43NO15S. The van der Waals surface area contributed by atoms with E-state index in [1.165, 1.54) is 40.4 Å². The lowest BCUT2D eigenvalue weighted by Gasteiger charge is -2.25. The molecule has 0 fully saturated rings. The molecule has 0 saturated heterocycles. The van der Waals surface area contributed by atoms with Gasteiger partial charge >= 0.3 is 0 Å². The summed E-state index contributed by atoms with van der Waals surface area (Å²) in [6, 6.07) is 2.51. The lowest BCUT2D eigenvalue weighted by molar-refractivity contribution is -0.119. The second kappa shape index (κ2) is 16.1. The van der Waals surface area contributed by atoms with E-state index in [-0.39, 0.29) is 102 Å². The lowest BCUT2D eigenvalue weighted by Crippen LogP contribution is -2.25. The van der Waals surface area contributed by atoms with Crippen LogP contribution in [0, 0.1) is 5.92 Å². The Labute approximate surface area is 315 Å². The molecule has 55 heavy (non-hydrogen) atoms. The average Bonchev–Trinajstić information content (AvgIpc) is 3.27. The van der Waals surface area contributed by atoms with Gasteiger partial charge in [-0.3, -0.25) is 18.6 Å². The van der Waals surface area contributed by atoms with Gasteiger partial charge in [0.1, 0.15) is 34.7 Å². The number of Topliss-reactive ketones (excluding diaryl/α,β-unsaturated/α-hetero) is 1. The number of hydrogen-bond acceptors (Lipinski definition) is 16. The average molecular weight is 786 g/mol. The summed E-state index contributed by atoms with van der Waals surface area (Å²) in [6.45, 7) is 3.90. The summed E-state index contributed by atoms with van der Waals surface area (Å²) in [4.78, 5) is 42.4. The molecule has 0 saturated carbocycles. The molecule has 5 aromatic rings. The highest BCUT2D eigenvalue weighted by Crippen LogP contribution is 2.56. The molecule has 2 unspecified atom stereocenters. The standard InChI is InChI=1S/C38H43NO15S/c1-18-14-20-26-31-27(36(44)35(20)39-17-55(46,47)54-13-12-53-11-10-52-9-8-51-7-6-40)21(42)15-23(48-3)29(31)30-24(49-4)16-22(43)28-33(30)32(26)34(25(18)19(2)41)38(50-5)37(28)45/h15-16,18,25,39-40,42-43H,6-14,17H2,1-5H3. The Morgan fingerprint density at radius 2 is 1.27 bits per heavy atom. The summed E-state index contributed by atoms with van der Waals surface area (Å²) in [5.41, 5.74) is -0.995. The van der Waals surface area contributed by atoms with Crippen molar-refractivity contribution in [1.29, 1.82) is 0 Å². The second-order valence-corrected chi connectivity index (χ2v) is 14.8. The van der Waals surface area contributed by atoms with Crippen LogP contribution in [0.4, 0.5) is 5.69 Å². The number of nitrogens with one attached hydrogen (secondary N) is 1. The Morgan fingerprint density at radius 1 is 0.745 bits per heavy atom. The largest absolute Gasteiger partial charge is 0.507 e. The maximum absolute atomic E-state index is 14.6. The van der Waals surface area contributed by atoms with E-state index in [2.05, 4.69) is 5.32 Å². The number of anilines is 1. The molecule has 0 heterocycles. The van der Waals surface area contributed by atoms with Crippen LogP contribution < -0.4 is 30.4 Å². The lowest BCUT2D eigenvalue weighted by atomic mass is 9.79. The molecule has 0 spiro atoms. The number of ether oxygens (including phenoxy) is 6. The number of carbonyl (C=O) groups is 1. The fraction of sp³-hybridized carbons (Fsp3) is 0.447. The van der Waals surface area contributed by atoms with Gasteiger partial charge in [0.25, 0.3) is 10.1 Å². The van der Waals surface area contributed by atoms with E-state index in [1.807, 2.05) is 0 Å². The smallest absolute Gasteiger partial charge is 0.285 e. The quantitative estimate of drug-likeness (QED) is 0.0409. The number of phenolic OH excluding ortho intramolecular Hbond substituents is 2. The molecule has 0 aliphatic heterocycles. The molecule has 296 valence electrons. The molecule has 1 aliphatic carbocycles. The van der Waals surface area contributed by atoms with E-state index in [0.29, 0.717) is 40.3 Å². The van der Waals surface area contributed by atoms with Gasteiger partial charge in [-0.2, -0.15) is 8.42 Å². The highest BCUT2D eigenvalue weighted by atomic mass is 32.2. The van der Waals surface area contributed by atoms with Crippen LogP contribution in [-0.4, -0.2) is 110 Å². The number of rotatable bonds is 19. The van der Waals surface area contributed by atoms with Gasteiger partial charge in [-0.15, -0.1) is 0 Å². The summed E-state index contributed by atoms with van der Waals surface area (Å²) in [6.07, 6.45) is 0.0493. The number of hydrogen-bond donors (Lipinski definition) is 4. The number of fused-ring (bicyclic) bond motifs is 1. The van der Waals surface area contributed by atoms with Crippen molar-refractivity contribution in [3.8, 4) is 28.7 Å². The van der Waals surface area contributed by atoms with Gasteiger partial charge in [0.15, 0.2) is 5.75 Å². The molecule has 0 bridgehead atoms. The summed E-state index contributed by atoms with van der Waals surface area (Å²) >= 11 is 0. The van der Waals surface area contributed by atoms with Gasteiger partial charge in [-0.05, 0) is 35.6 Å². The number of aliphatic hydroxyl groups is 1. The van der Waals surface area contributed by atoms with Gasteiger partial charge in [0, 0.05) is 45.2 Å². The summed E-state index contributed by atoms with van der Waals surface area (Å²) in [5.74, 6) is -3.44. The topological polar surface area (TPSA) is 223 Å². The molecule has 16 nitrogen and oxygen atoms in total. The van der Waals surface area contributed by atoms with E-state index in [0.717, 1.165) is 0 Å². The van der Waals surface area contributed by atoms with E-state index >= 15 is 0 Å². The van der Waals surface area contributed by atoms with Gasteiger partial charge in [0.2, 0.25) is 10.9 Å². The molecule has 1 aliphatic rings. The molecule has 5 aromatic carbocycles. The van der Waals surface area contributed by atoms with Crippen molar-refractivity contribution in [2.45, 2.75) is 26.2 Å². The van der Waals surface area contributed by atoms with Crippen molar-refractivity contribution < 1.29 is 61.1 Å². The first-order valence-electron chi connectivity index (χ1n) is 17.5. The van der Waals surface area contributed by atoms with Gasteiger partial charge in [-0.1, -0.05) is 6.92 Å². The summed E-state index contributed by atoms with van der Waals surface area (Å²) in [7, 11) is -0.282. The van der Waals surface area contributed by atoms with Gasteiger partial charge < -0.3 is 49.1 Å². The SMILES string of the molecule is COc1c2c3c4c(c(NCS(=O)(=O)OCCOCCOCCOCCO)c(=O)c5c(O)cc(OC)c(c6c(OC)cc(O)c(c1=O)c63)c54)CC(C)C2C(C)=O. The Kier molecular flexibility index (Phi) is 11.7. The Hall–Kier alpha value is -4.78.